The van der Waals surface area contributed by atoms with Gasteiger partial charge in [0.15, 0.2) is 0 Å². The van der Waals surface area contributed by atoms with Crippen LogP contribution in [0, 0.1) is 0 Å². The number of carbonyl (C=O) groups is 1. The zero-order valence-corrected chi connectivity index (χ0v) is 52.2. The quantitative estimate of drug-likeness (QED) is 0.0272. The molecule has 0 aliphatic carbocycles. The molecule has 1 amide bonds. The number of phosphoric ester groups is 1. The van der Waals surface area contributed by atoms with Gasteiger partial charge in [-0.25, -0.2) is 0 Å². The molecular formula is C69H123N2O6P. The van der Waals surface area contributed by atoms with Crippen molar-refractivity contribution in [2.45, 2.75) is 283 Å². The lowest BCUT2D eigenvalue weighted by molar-refractivity contribution is -0.870. The van der Waals surface area contributed by atoms with Gasteiger partial charge >= 0.3 is 0 Å². The summed E-state index contributed by atoms with van der Waals surface area (Å²) in [5.41, 5.74) is 0. The van der Waals surface area contributed by atoms with E-state index in [0.717, 1.165) is 83.5 Å². The van der Waals surface area contributed by atoms with E-state index in [2.05, 4.69) is 116 Å². The van der Waals surface area contributed by atoms with Gasteiger partial charge < -0.3 is 28.8 Å². The van der Waals surface area contributed by atoms with Crippen molar-refractivity contribution in [2.75, 3.05) is 40.9 Å². The minimum absolute atomic E-state index is 0.0112. The van der Waals surface area contributed by atoms with Crippen molar-refractivity contribution in [1.29, 1.82) is 0 Å². The maximum absolute atomic E-state index is 13.0. The molecule has 3 unspecified atom stereocenters. The minimum Gasteiger partial charge on any atom is -0.756 e. The highest BCUT2D eigenvalue weighted by atomic mass is 31.2. The van der Waals surface area contributed by atoms with Crippen LogP contribution in [0.3, 0.4) is 0 Å². The third-order valence-electron chi connectivity index (χ3n) is 13.9. The number of aliphatic hydroxyl groups is 1. The molecule has 0 aromatic carbocycles. The molecule has 0 fully saturated rings. The molecule has 0 aromatic rings. The zero-order valence-electron chi connectivity index (χ0n) is 51.3. The van der Waals surface area contributed by atoms with Crippen molar-refractivity contribution in [2.24, 2.45) is 0 Å². The fourth-order valence-corrected chi connectivity index (χ4v) is 9.68. The number of nitrogens with zero attached hydrogens (tertiary/aromatic N) is 1. The van der Waals surface area contributed by atoms with Gasteiger partial charge in [0.05, 0.1) is 39.9 Å². The van der Waals surface area contributed by atoms with Crippen molar-refractivity contribution in [3.05, 3.63) is 109 Å². The molecule has 0 heterocycles. The molecule has 450 valence electrons. The van der Waals surface area contributed by atoms with E-state index in [9.17, 15) is 19.4 Å². The predicted octanol–water partition coefficient (Wildman–Crippen LogP) is 19.7. The summed E-state index contributed by atoms with van der Waals surface area (Å²) < 4.78 is 23.3. The molecule has 0 radical (unpaired) electrons. The molecule has 0 spiro atoms. The smallest absolute Gasteiger partial charge is 0.268 e. The lowest BCUT2D eigenvalue weighted by Gasteiger charge is -2.29. The van der Waals surface area contributed by atoms with Crippen LogP contribution in [-0.2, 0) is 18.4 Å². The number of hydrogen-bond donors (Lipinski definition) is 2. The molecule has 0 aliphatic rings. The molecule has 2 N–H and O–H groups in total. The Morgan fingerprint density at radius 1 is 0.462 bits per heavy atom. The highest BCUT2D eigenvalue weighted by Crippen LogP contribution is 2.38. The molecule has 0 saturated heterocycles. The number of unbranched alkanes of at least 4 members (excludes halogenated alkanes) is 29. The van der Waals surface area contributed by atoms with Crippen LogP contribution in [0.4, 0.5) is 0 Å². The fourth-order valence-electron chi connectivity index (χ4n) is 8.95. The second-order valence-corrected chi connectivity index (χ2v) is 24.1. The van der Waals surface area contributed by atoms with Gasteiger partial charge in [-0.15, -0.1) is 0 Å². The normalized spacial score (nSPS) is 14.5. The first kappa shape index (κ1) is 75.2. The summed E-state index contributed by atoms with van der Waals surface area (Å²) >= 11 is 0. The second kappa shape index (κ2) is 58.8. The van der Waals surface area contributed by atoms with Crippen molar-refractivity contribution in [1.82, 2.24) is 5.32 Å². The summed E-state index contributed by atoms with van der Waals surface area (Å²) in [7, 11) is 1.23. The van der Waals surface area contributed by atoms with Crippen molar-refractivity contribution >= 4 is 13.7 Å². The summed E-state index contributed by atoms with van der Waals surface area (Å²) in [6.45, 7) is 4.49. The maximum atomic E-state index is 13.0. The Bertz CT molecular complexity index is 1640. The standard InChI is InChI=1S/C69H123N2O6P/c1-6-8-10-12-14-16-18-20-22-23-24-25-26-27-28-29-30-31-32-33-34-35-36-37-38-39-40-41-42-43-44-45-46-47-49-51-53-55-57-59-61-63-69(73)70-67(66-77-78(74,75)76-65-64-71(3,4)5)68(72)62-60-58-56-54-52-50-48-21-19-17-15-13-11-9-7-2/h8,10,14,16,19-22,24-25,27-28,30-31,52,54,60,62,67-68,72H,6-7,9,11-13,15,17-18,23,26,29,32-51,53,55-59,61,63-66H2,1-5H3,(H-,70,73,74,75)/b10-8-,16-14-,21-19+,22-20-,25-24-,28-27-,31-30-,54-52+,62-60+. The number of hydrogen-bond acceptors (Lipinski definition) is 6. The van der Waals surface area contributed by atoms with Gasteiger partial charge in [-0.2, -0.15) is 0 Å². The molecule has 0 rings (SSSR count). The second-order valence-electron chi connectivity index (χ2n) is 22.7. The van der Waals surface area contributed by atoms with E-state index < -0.39 is 26.6 Å². The van der Waals surface area contributed by atoms with E-state index in [0.29, 0.717) is 17.4 Å². The number of allylic oxidation sites excluding steroid dienone is 17. The Hall–Kier alpha value is -2.84. The topological polar surface area (TPSA) is 108 Å². The first-order chi connectivity index (χ1) is 38.0. The zero-order chi connectivity index (χ0) is 57.0. The lowest BCUT2D eigenvalue weighted by atomic mass is 10.0. The van der Waals surface area contributed by atoms with Gasteiger partial charge in [0, 0.05) is 6.42 Å². The SMILES string of the molecule is CC/C=C\C/C=C\C/C=C\C/C=C\C/C=C\C/C=C\CCCCCCCCCCCCCCCCCCCCCCCCC(=O)NC(COP(=O)([O-])OCC[N+](C)(C)C)C(O)/C=C/CC/C=C/CC/C=C/CCCCCCC. The largest absolute Gasteiger partial charge is 0.756 e. The van der Waals surface area contributed by atoms with E-state index >= 15 is 0 Å². The molecule has 0 aromatic heterocycles. The van der Waals surface area contributed by atoms with Crippen molar-refractivity contribution < 1.29 is 32.9 Å². The first-order valence-corrected chi connectivity index (χ1v) is 33.7. The van der Waals surface area contributed by atoms with Gasteiger partial charge in [-0.05, 0) is 96.3 Å². The summed E-state index contributed by atoms with van der Waals surface area (Å²) in [6.07, 6.45) is 86.4. The van der Waals surface area contributed by atoms with Crippen molar-refractivity contribution in [3.8, 4) is 0 Å². The summed E-state index contributed by atoms with van der Waals surface area (Å²) in [4.78, 5) is 25.5. The molecular weight excluding hydrogens is 984 g/mol. The monoisotopic (exact) mass is 1110 g/mol. The van der Waals surface area contributed by atoms with Gasteiger partial charge in [0.2, 0.25) is 5.91 Å². The molecule has 9 heteroatoms. The fraction of sp³-hybridized carbons (Fsp3) is 0.725. The molecule has 8 nitrogen and oxygen atoms in total. The lowest BCUT2D eigenvalue weighted by Crippen LogP contribution is -2.45. The number of rotatable bonds is 58. The van der Waals surface area contributed by atoms with E-state index in [1.54, 1.807) is 6.08 Å². The van der Waals surface area contributed by atoms with Gasteiger partial charge in [-0.3, -0.25) is 9.36 Å². The highest BCUT2D eigenvalue weighted by Gasteiger charge is 2.23. The van der Waals surface area contributed by atoms with Crippen LogP contribution in [0.1, 0.15) is 271 Å². The number of carbonyl (C=O) groups excluding carboxylic acids is 1. The Morgan fingerprint density at radius 2 is 0.795 bits per heavy atom. The first-order valence-electron chi connectivity index (χ1n) is 32.2. The third-order valence-corrected chi connectivity index (χ3v) is 14.9. The van der Waals surface area contributed by atoms with Crippen LogP contribution in [0.15, 0.2) is 109 Å². The van der Waals surface area contributed by atoms with Crippen LogP contribution in [0.5, 0.6) is 0 Å². The number of aliphatic hydroxyl groups excluding tert-OH is 1. The molecule has 3 atom stereocenters. The summed E-state index contributed by atoms with van der Waals surface area (Å²) in [5.74, 6) is -0.211. The van der Waals surface area contributed by atoms with Gasteiger partial charge in [0.1, 0.15) is 13.2 Å². The minimum atomic E-state index is -4.61. The molecule has 0 saturated carbocycles. The summed E-state index contributed by atoms with van der Waals surface area (Å²) in [6, 6.07) is -0.913. The Kier molecular flexibility index (Phi) is 56.7. The summed E-state index contributed by atoms with van der Waals surface area (Å²) in [5, 5.41) is 13.8. The van der Waals surface area contributed by atoms with Crippen LogP contribution < -0.4 is 10.2 Å². The average molecular weight is 1110 g/mol. The predicted molar refractivity (Wildman–Crippen MR) is 339 cm³/mol. The number of nitrogens with one attached hydrogen (secondary N) is 1. The Labute approximate surface area is 482 Å². The Balaban J connectivity index is 3.96. The Morgan fingerprint density at radius 3 is 1.19 bits per heavy atom. The van der Waals surface area contributed by atoms with Crippen LogP contribution >= 0.6 is 7.82 Å². The average Bonchev–Trinajstić information content (AvgIpc) is 3.41. The van der Waals surface area contributed by atoms with Gasteiger partial charge in [-0.1, -0.05) is 277 Å². The third kappa shape index (κ3) is 60.8. The number of amides is 1. The van der Waals surface area contributed by atoms with E-state index in [-0.39, 0.29) is 12.5 Å². The molecule has 78 heavy (non-hydrogen) atoms. The van der Waals surface area contributed by atoms with Gasteiger partial charge in [0.25, 0.3) is 7.82 Å². The number of quaternary nitrogens is 1. The number of phosphoric acid groups is 1. The van der Waals surface area contributed by atoms with Crippen LogP contribution in [0.25, 0.3) is 0 Å². The van der Waals surface area contributed by atoms with E-state index in [1.807, 2.05) is 27.2 Å². The molecule has 0 aliphatic heterocycles. The highest BCUT2D eigenvalue weighted by molar-refractivity contribution is 7.45. The van der Waals surface area contributed by atoms with Crippen molar-refractivity contribution in [3.63, 3.8) is 0 Å². The van der Waals surface area contributed by atoms with E-state index in [1.165, 1.54) is 167 Å². The molecule has 0 bridgehead atoms. The maximum Gasteiger partial charge on any atom is 0.268 e. The number of likely N-dealkylation sites (N-methyl/N-ethyl adjacent to an activating group) is 1. The van der Waals surface area contributed by atoms with Crippen LogP contribution in [0.2, 0.25) is 0 Å². The van der Waals surface area contributed by atoms with E-state index in [4.69, 9.17) is 9.05 Å². The van der Waals surface area contributed by atoms with Crippen LogP contribution in [-0.4, -0.2) is 68.5 Å².